The maximum Gasteiger partial charge on any atom is 0.137 e. The lowest BCUT2D eigenvalue weighted by Gasteiger charge is -2.14. The summed E-state index contributed by atoms with van der Waals surface area (Å²) in [7, 11) is 0. The summed E-state index contributed by atoms with van der Waals surface area (Å²) in [5.74, 6) is 1.33. The second-order valence-electron chi connectivity index (χ2n) is 5.35. The molecule has 1 aromatic carbocycles. The van der Waals surface area contributed by atoms with Crippen LogP contribution in [0.4, 0.5) is 4.39 Å². The molecule has 0 fully saturated rings. The van der Waals surface area contributed by atoms with E-state index in [0.717, 1.165) is 17.9 Å². The Balaban J connectivity index is 2.66. The molecule has 1 atom stereocenters. The molecule has 1 rings (SSSR count). The lowest BCUT2D eigenvalue weighted by Crippen LogP contribution is -2.19. The fraction of sp³-hybridized carbons (Fsp3) is 0.600. The highest BCUT2D eigenvalue weighted by Gasteiger charge is 2.11. The standard InChI is InChI=1S/C15H24FNOS/c1-11(2)7-17-8-13-5-4-6-14(16)15(13)19-10-12(3)9-18/h4-6,11-12,17-18H,7-10H2,1-3H3. The van der Waals surface area contributed by atoms with Crippen molar-refractivity contribution in [1.82, 2.24) is 5.32 Å². The third-order valence-corrected chi connectivity index (χ3v) is 4.22. The van der Waals surface area contributed by atoms with Crippen LogP contribution in [-0.2, 0) is 6.54 Å². The second kappa shape index (κ2) is 8.56. The summed E-state index contributed by atoms with van der Waals surface area (Å²) < 4.78 is 13.9. The van der Waals surface area contributed by atoms with E-state index in [2.05, 4.69) is 19.2 Å². The molecule has 0 saturated carbocycles. The summed E-state index contributed by atoms with van der Waals surface area (Å²) in [6.45, 7) is 8.01. The zero-order chi connectivity index (χ0) is 14.3. The van der Waals surface area contributed by atoms with Gasteiger partial charge in [0.1, 0.15) is 5.82 Å². The third-order valence-electron chi connectivity index (χ3n) is 2.74. The van der Waals surface area contributed by atoms with Crippen LogP contribution in [0.25, 0.3) is 0 Å². The zero-order valence-corrected chi connectivity index (χ0v) is 12.8. The van der Waals surface area contributed by atoms with E-state index in [4.69, 9.17) is 5.11 Å². The lowest BCUT2D eigenvalue weighted by atomic mass is 10.2. The van der Waals surface area contributed by atoms with Crippen molar-refractivity contribution in [3.05, 3.63) is 29.6 Å². The Morgan fingerprint density at radius 3 is 2.68 bits per heavy atom. The molecule has 1 aromatic rings. The molecule has 4 heteroatoms. The fourth-order valence-electron chi connectivity index (χ4n) is 1.63. The van der Waals surface area contributed by atoms with Gasteiger partial charge >= 0.3 is 0 Å². The number of rotatable bonds is 8. The van der Waals surface area contributed by atoms with Gasteiger partial charge in [0.2, 0.25) is 0 Å². The van der Waals surface area contributed by atoms with Crippen LogP contribution in [0.5, 0.6) is 0 Å². The molecule has 0 aromatic heterocycles. The molecule has 0 aliphatic rings. The van der Waals surface area contributed by atoms with Crippen LogP contribution in [0.1, 0.15) is 26.3 Å². The molecular weight excluding hydrogens is 261 g/mol. The lowest BCUT2D eigenvalue weighted by molar-refractivity contribution is 0.250. The zero-order valence-electron chi connectivity index (χ0n) is 11.9. The van der Waals surface area contributed by atoms with Gasteiger partial charge in [0.25, 0.3) is 0 Å². The monoisotopic (exact) mass is 285 g/mol. The normalized spacial score (nSPS) is 12.9. The molecule has 0 aliphatic carbocycles. The number of halogens is 1. The van der Waals surface area contributed by atoms with Gasteiger partial charge in [0, 0.05) is 23.8 Å². The smallest absolute Gasteiger partial charge is 0.137 e. The number of benzene rings is 1. The van der Waals surface area contributed by atoms with Crippen molar-refractivity contribution >= 4 is 11.8 Å². The van der Waals surface area contributed by atoms with Gasteiger partial charge in [-0.25, -0.2) is 4.39 Å². The van der Waals surface area contributed by atoms with Gasteiger partial charge in [-0.15, -0.1) is 11.8 Å². The van der Waals surface area contributed by atoms with Gasteiger partial charge in [-0.3, -0.25) is 0 Å². The van der Waals surface area contributed by atoms with Gasteiger partial charge in [-0.2, -0.15) is 0 Å². The van der Waals surface area contributed by atoms with E-state index < -0.39 is 0 Å². The van der Waals surface area contributed by atoms with Crippen LogP contribution in [-0.4, -0.2) is 24.0 Å². The molecule has 2 nitrogen and oxygen atoms in total. The summed E-state index contributed by atoms with van der Waals surface area (Å²) in [5, 5.41) is 12.4. The Hall–Kier alpha value is -0.580. The minimum absolute atomic E-state index is 0.141. The molecule has 108 valence electrons. The number of hydrogen-bond donors (Lipinski definition) is 2. The van der Waals surface area contributed by atoms with E-state index in [-0.39, 0.29) is 18.3 Å². The maximum absolute atomic E-state index is 13.9. The quantitative estimate of drug-likeness (QED) is 0.719. The van der Waals surface area contributed by atoms with Crippen LogP contribution in [0.3, 0.4) is 0 Å². The first-order valence-corrected chi connectivity index (χ1v) is 7.75. The summed E-state index contributed by atoms with van der Waals surface area (Å²) in [4.78, 5) is 0.707. The number of nitrogens with one attached hydrogen (secondary N) is 1. The highest BCUT2D eigenvalue weighted by atomic mass is 32.2. The van der Waals surface area contributed by atoms with Crippen LogP contribution in [0, 0.1) is 17.7 Å². The Labute approximate surface area is 119 Å². The van der Waals surface area contributed by atoms with Crippen molar-refractivity contribution in [2.24, 2.45) is 11.8 Å². The first-order chi connectivity index (χ1) is 9.04. The third kappa shape index (κ3) is 5.93. The molecule has 0 heterocycles. The van der Waals surface area contributed by atoms with E-state index in [0.29, 0.717) is 17.4 Å². The Morgan fingerprint density at radius 1 is 1.32 bits per heavy atom. The summed E-state index contributed by atoms with van der Waals surface area (Å²) in [6.07, 6.45) is 0. The van der Waals surface area contributed by atoms with Crippen molar-refractivity contribution in [3.63, 3.8) is 0 Å². The predicted molar refractivity (Wildman–Crippen MR) is 79.9 cm³/mol. The van der Waals surface area contributed by atoms with Gasteiger partial charge in [0.15, 0.2) is 0 Å². The SMILES string of the molecule is CC(C)CNCc1cccc(F)c1SCC(C)CO. The molecule has 0 spiro atoms. The van der Waals surface area contributed by atoms with E-state index in [1.54, 1.807) is 6.07 Å². The Kier molecular flexibility index (Phi) is 7.42. The minimum Gasteiger partial charge on any atom is -0.396 e. The molecule has 2 N–H and O–H groups in total. The summed E-state index contributed by atoms with van der Waals surface area (Å²) in [5.41, 5.74) is 0.996. The highest BCUT2D eigenvalue weighted by Crippen LogP contribution is 2.27. The molecule has 1 unspecified atom stereocenters. The summed E-state index contributed by atoms with van der Waals surface area (Å²) >= 11 is 1.49. The van der Waals surface area contributed by atoms with Crippen molar-refractivity contribution in [3.8, 4) is 0 Å². The predicted octanol–water partition coefficient (Wildman–Crippen LogP) is 3.29. The summed E-state index contributed by atoms with van der Waals surface area (Å²) in [6, 6.07) is 5.21. The number of aliphatic hydroxyl groups is 1. The van der Waals surface area contributed by atoms with Crippen molar-refractivity contribution in [2.45, 2.75) is 32.2 Å². The van der Waals surface area contributed by atoms with E-state index in [1.165, 1.54) is 17.8 Å². The molecular formula is C15H24FNOS. The maximum atomic E-state index is 13.9. The van der Waals surface area contributed by atoms with Gasteiger partial charge < -0.3 is 10.4 Å². The van der Waals surface area contributed by atoms with Crippen LogP contribution < -0.4 is 5.32 Å². The first-order valence-electron chi connectivity index (χ1n) is 6.76. The molecule has 0 aliphatic heterocycles. The van der Waals surface area contributed by atoms with Crippen molar-refractivity contribution in [1.29, 1.82) is 0 Å². The largest absolute Gasteiger partial charge is 0.396 e. The first kappa shape index (κ1) is 16.5. The van der Waals surface area contributed by atoms with E-state index in [1.807, 2.05) is 13.0 Å². The molecule has 19 heavy (non-hydrogen) atoms. The highest BCUT2D eigenvalue weighted by molar-refractivity contribution is 7.99. The van der Waals surface area contributed by atoms with Crippen LogP contribution in [0.2, 0.25) is 0 Å². The second-order valence-corrected chi connectivity index (χ2v) is 6.38. The van der Waals surface area contributed by atoms with Crippen molar-refractivity contribution in [2.75, 3.05) is 18.9 Å². The minimum atomic E-state index is -0.168. The molecule has 0 saturated heterocycles. The van der Waals surface area contributed by atoms with E-state index >= 15 is 0 Å². The number of thioether (sulfide) groups is 1. The van der Waals surface area contributed by atoms with Gasteiger partial charge in [-0.05, 0) is 30.0 Å². The fourth-order valence-corrected chi connectivity index (χ4v) is 2.72. The molecule has 0 radical (unpaired) electrons. The van der Waals surface area contributed by atoms with Crippen LogP contribution >= 0.6 is 11.8 Å². The van der Waals surface area contributed by atoms with E-state index in [9.17, 15) is 4.39 Å². The van der Waals surface area contributed by atoms with Gasteiger partial charge in [0.05, 0.1) is 0 Å². The van der Waals surface area contributed by atoms with Crippen molar-refractivity contribution < 1.29 is 9.50 Å². The van der Waals surface area contributed by atoms with Crippen LogP contribution in [0.15, 0.2) is 23.1 Å². The Bertz CT molecular complexity index is 384. The topological polar surface area (TPSA) is 32.3 Å². The number of aliphatic hydroxyl groups excluding tert-OH is 1. The molecule has 0 amide bonds. The number of hydrogen-bond acceptors (Lipinski definition) is 3. The molecule has 0 bridgehead atoms. The average molecular weight is 285 g/mol. The Morgan fingerprint density at radius 2 is 2.05 bits per heavy atom. The van der Waals surface area contributed by atoms with Gasteiger partial charge in [-0.1, -0.05) is 32.9 Å². The average Bonchev–Trinajstić information content (AvgIpc) is 2.37.